The van der Waals surface area contributed by atoms with Gasteiger partial charge in [0.15, 0.2) is 0 Å². The van der Waals surface area contributed by atoms with Crippen molar-refractivity contribution in [3.63, 3.8) is 0 Å². The van der Waals surface area contributed by atoms with Crippen molar-refractivity contribution in [2.75, 3.05) is 0 Å². The highest BCUT2D eigenvalue weighted by molar-refractivity contribution is 6.46. The van der Waals surface area contributed by atoms with Crippen LogP contribution in [0.5, 0.6) is 11.5 Å². The minimum atomic E-state index is -1.80. The van der Waals surface area contributed by atoms with E-state index in [-0.39, 0.29) is 0 Å². The van der Waals surface area contributed by atoms with Gasteiger partial charge < -0.3 is 13.6 Å². The van der Waals surface area contributed by atoms with E-state index in [0.29, 0.717) is 12.2 Å². The van der Waals surface area contributed by atoms with Crippen molar-refractivity contribution in [3.05, 3.63) is 60.7 Å². The fraction of sp³-hybridized carbons (Fsp3) is 0.429. The number of para-hydroxylation sites is 2. The van der Waals surface area contributed by atoms with E-state index in [1.54, 1.807) is 0 Å². The monoisotopic (exact) mass is 354 g/mol. The maximum atomic E-state index is 6.23. The van der Waals surface area contributed by atoms with Crippen molar-refractivity contribution >= 4 is 9.28 Å². The Morgan fingerprint density at radius 2 is 1.48 bits per heavy atom. The molecule has 1 saturated heterocycles. The number of rotatable bonds is 8. The van der Waals surface area contributed by atoms with Gasteiger partial charge in [0.1, 0.15) is 11.5 Å². The van der Waals surface area contributed by atoms with E-state index < -0.39 is 9.28 Å². The lowest BCUT2D eigenvalue weighted by Gasteiger charge is -2.21. The van der Waals surface area contributed by atoms with Crippen LogP contribution in [0, 0.1) is 5.92 Å². The van der Waals surface area contributed by atoms with Gasteiger partial charge in [-0.25, -0.2) is 0 Å². The highest BCUT2D eigenvalue weighted by atomic mass is 28.3. The first-order chi connectivity index (χ1) is 12.4. The lowest BCUT2D eigenvalue weighted by Crippen LogP contribution is -2.30. The third-order valence-electron chi connectivity index (χ3n) is 5.19. The Balaban J connectivity index is 1.31. The molecule has 25 heavy (non-hydrogen) atoms. The molecule has 0 radical (unpaired) electrons. The standard InChI is InChI=1S/C21H26O3Si/c1-3-9-18(10-4-1)23-25(24-19-11-5-2-6-12-19)15-7-8-17-13-14-20-21(16-17)22-20/h1-6,9-12,17,20-21,25H,7-8,13-16H2. The van der Waals surface area contributed by atoms with Crippen LogP contribution in [0.4, 0.5) is 0 Å². The summed E-state index contributed by atoms with van der Waals surface area (Å²) in [6.07, 6.45) is 7.47. The van der Waals surface area contributed by atoms with Crippen molar-refractivity contribution < 1.29 is 13.6 Å². The van der Waals surface area contributed by atoms with Crippen LogP contribution < -0.4 is 8.85 Å². The molecule has 0 amide bonds. The molecular weight excluding hydrogens is 328 g/mol. The van der Waals surface area contributed by atoms with E-state index in [1.165, 1.54) is 32.1 Å². The second kappa shape index (κ2) is 8.06. The van der Waals surface area contributed by atoms with Gasteiger partial charge >= 0.3 is 9.28 Å². The third-order valence-corrected chi connectivity index (χ3v) is 7.14. The number of benzene rings is 2. The maximum absolute atomic E-state index is 6.23. The average Bonchev–Trinajstić information content (AvgIpc) is 3.42. The van der Waals surface area contributed by atoms with Crippen LogP contribution in [0.1, 0.15) is 32.1 Å². The quantitative estimate of drug-likeness (QED) is 0.508. The fourth-order valence-electron chi connectivity index (χ4n) is 3.77. The van der Waals surface area contributed by atoms with E-state index in [2.05, 4.69) is 0 Å². The Hall–Kier alpha value is -1.78. The summed E-state index contributed by atoms with van der Waals surface area (Å²) in [6, 6.07) is 21.2. The van der Waals surface area contributed by atoms with Gasteiger partial charge in [0.25, 0.3) is 0 Å². The molecule has 2 fully saturated rings. The van der Waals surface area contributed by atoms with Gasteiger partial charge in [-0.1, -0.05) is 42.8 Å². The van der Waals surface area contributed by atoms with Crippen LogP contribution in [0.15, 0.2) is 60.7 Å². The van der Waals surface area contributed by atoms with Crippen molar-refractivity contribution in [2.24, 2.45) is 5.92 Å². The number of hydrogen-bond donors (Lipinski definition) is 0. The Kier molecular flexibility index (Phi) is 5.38. The molecule has 1 heterocycles. The van der Waals surface area contributed by atoms with E-state index >= 15 is 0 Å². The van der Waals surface area contributed by atoms with Gasteiger partial charge in [0.2, 0.25) is 0 Å². The number of hydrogen-bond acceptors (Lipinski definition) is 3. The summed E-state index contributed by atoms with van der Waals surface area (Å²) >= 11 is 0. The molecule has 4 rings (SSSR count). The molecule has 0 N–H and O–H groups in total. The van der Waals surface area contributed by atoms with Crippen molar-refractivity contribution in [2.45, 2.75) is 50.4 Å². The summed E-state index contributed by atoms with van der Waals surface area (Å²) < 4.78 is 18.1. The zero-order valence-corrected chi connectivity index (χ0v) is 15.7. The molecule has 3 atom stereocenters. The molecule has 2 aromatic rings. The fourth-order valence-corrected chi connectivity index (χ4v) is 5.54. The molecule has 1 aliphatic heterocycles. The molecule has 2 aliphatic rings. The minimum Gasteiger partial charge on any atom is -0.514 e. The largest absolute Gasteiger partial charge is 0.514 e. The molecule has 132 valence electrons. The van der Waals surface area contributed by atoms with Crippen LogP contribution in [0.25, 0.3) is 0 Å². The van der Waals surface area contributed by atoms with Crippen molar-refractivity contribution in [1.29, 1.82) is 0 Å². The van der Waals surface area contributed by atoms with E-state index in [0.717, 1.165) is 23.5 Å². The van der Waals surface area contributed by atoms with E-state index in [4.69, 9.17) is 13.6 Å². The molecule has 3 nitrogen and oxygen atoms in total. The van der Waals surface area contributed by atoms with Crippen LogP contribution in [0.2, 0.25) is 6.04 Å². The summed E-state index contributed by atoms with van der Waals surface area (Å²) in [5.41, 5.74) is 0. The number of epoxide rings is 1. The Morgan fingerprint density at radius 3 is 2.08 bits per heavy atom. The van der Waals surface area contributed by atoms with Crippen molar-refractivity contribution in [1.82, 2.24) is 0 Å². The molecule has 1 saturated carbocycles. The van der Waals surface area contributed by atoms with Gasteiger partial charge in [-0.2, -0.15) is 0 Å². The molecule has 0 bridgehead atoms. The molecule has 2 aromatic carbocycles. The molecule has 1 aliphatic carbocycles. The second-order valence-corrected chi connectivity index (χ2v) is 9.02. The first-order valence-electron chi connectivity index (χ1n) is 9.46. The number of fused-ring (bicyclic) bond motifs is 1. The summed E-state index contributed by atoms with van der Waals surface area (Å²) in [7, 11) is -1.80. The highest BCUT2D eigenvalue weighted by Crippen LogP contribution is 2.41. The smallest absolute Gasteiger partial charge is 0.444 e. The van der Waals surface area contributed by atoms with E-state index in [1.807, 2.05) is 60.7 Å². The summed E-state index contributed by atoms with van der Waals surface area (Å²) in [5.74, 6) is 2.66. The zero-order valence-electron chi connectivity index (χ0n) is 14.6. The van der Waals surface area contributed by atoms with E-state index in [9.17, 15) is 0 Å². The molecule has 0 aromatic heterocycles. The zero-order chi connectivity index (χ0) is 16.9. The average molecular weight is 355 g/mol. The first kappa shape index (κ1) is 16.7. The number of ether oxygens (including phenoxy) is 1. The van der Waals surface area contributed by atoms with Crippen molar-refractivity contribution in [3.8, 4) is 11.5 Å². The predicted molar refractivity (Wildman–Crippen MR) is 101 cm³/mol. The lowest BCUT2D eigenvalue weighted by atomic mass is 9.86. The van der Waals surface area contributed by atoms with Gasteiger partial charge in [0, 0.05) is 6.04 Å². The van der Waals surface area contributed by atoms with Gasteiger partial charge in [-0.05, 0) is 55.9 Å². The van der Waals surface area contributed by atoms with Crippen LogP contribution in [-0.4, -0.2) is 21.5 Å². The Labute approximate surface area is 151 Å². The van der Waals surface area contributed by atoms with Gasteiger partial charge in [-0.15, -0.1) is 0 Å². The molecule has 0 spiro atoms. The van der Waals surface area contributed by atoms with Crippen LogP contribution in [-0.2, 0) is 4.74 Å². The summed E-state index contributed by atoms with van der Waals surface area (Å²) in [6.45, 7) is 0. The SMILES string of the molecule is c1ccc(O[SiH](CCCC2CCC3OC3C2)Oc2ccccc2)cc1. The Bertz CT molecular complexity index is 607. The maximum Gasteiger partial charge on any atom is 0.444 e. The second-order valence-electron chi connectivity index (χ2n) is 7.11. The highest BCUT2D eigenvalue weighted by Gasteiger charge is 2.43. The minimum absolute atomic E-state index is 0.577. The molecule has 4 heteroatoms. The normalized spacial score (nSPS) is 24.6. The van der Waals surface area contributed by atoms with Gasteiger partial charge in [0.05, 0.1) is 12.2 Å². The lowest BCUT2D eigenvalue weighted by molar-refractivity contribution is 0.346. The van der Waals surface area contributed by atoms with Crippen LogP contribution in [0.3, 0.4) is 0 Å². The molecular formula is C21H26O3Si. The first-order valence-corrected chi connectivity index (χ1v) is 11.2. The van der Waals surface area contributed by atoms with Gasteiger partial charge in [-0.3, -0.25) is 0 Å². The summed E-state index contributed by atoms with van der Waals surface area (Å²) in [4.78, 5) is 0. The topological polar surface area (TPSA) is 31.0 Å². The third kappa shape index (κ3) is 4.86. The Morgan fingerprint density at radius 1 is 0.840 bits per heavy atom. The van der Waals surface area contributed by atoms with Crippen LogP contribution >= 0.6 is 0 Å². The molecule has 3 unspecified atom stereocenters. The summed E-state index contributed by atoms with van der Waals surface area (Å²) in [5, 5.41) is 0. The predicted octanol–water partition coefficient (Wildman–Crippen LogP) is 4.71.